The van der Waals surface area contributed by atoms with Gasteiger partial charge in [-0.05, 0) is 101 Å². The molecule has 0 saturated heterocycles. The van der Waals surface area contributed by atoms with E-state index < -0.39 is 0 Å². The van der Waals surface area contributed by atoms with Crippen LogP contribution in [0, 0.1) is 0 Å². The number of thiophene rings is 1. The van der Waals surface area contributed by atoms with Gasteiger partial charge >= 0.3 is 0 Å². The maximum Gasteiger partial charge on any atom is 0.0540 e. The van der Waals surface area contributed by atoms with Crippen LogP contribution in [0.1, 0.15) is 0 Å². The van der Waals surface area contributed by atoms with E-state index >= 15 is 0 Å². The third kappa shape index (κ3) is 5.61. The summed E-state index contributed by atoms with van der Waals surface area (Å²) in [5.74, 6) is 0. The molecule has 0 unspecified atom stereocenters. The minimum Gasteiger partial charge on any atom is -0.310 e. The van der Waals surface area contributed by atoms with E-state index in [9.17, 15) is 0 Å². The van der Waals surface area contributed by atoms with E-state index in [1.165, 1.54) is 96.6 Å². The molecule has 0 spiro atoms. The van der Waals surface area contributed by atoms with Crippen LogP contribution in [0.4, 0.5) is 17.1 Å². The molecule has 2 heteroatoms. The number of benzene rings is 11. The quantitative estimate of drug-likeness (QED) is 0.162. The summed E-state index contributed by atoms with van der Waals surface area (Å²) in [4.78, 5) is 2.46. The fourth-order valence-corrected chi connectivity index (χ4v) is 10.7. The largest absolute Gasteiger partial charge is 0.310 e. The molecule has 1 nitrogen and oxygen atoms in total. The fourth-order valence-electron chi connectivity index (χ4n) is 9.46. The molecule has 0 atom stereocenters. The van der Waals surface area contributed by atoms with Crippen LogP contribution in [0.25, 0.3) is 96.6 Å². The number of fused-ring (bicyclic) bond motifs is 8. The highest BCUT2D eigenvalue weighted by Gasteiger charge is 2.20. The lowest BCUT2D eigenvalue weighted by molar-refractivity contribution is 1.30. The maximum atomic E-state index is 2.46. The van der Waals surface area contributed by atoms with Crippen molar-refractivity contribution >= 4 is 91.7 Å². The van der Waals surface area contributed by atoms with Crippen LogP contribution >= 0.6 is 11.3 Å². The van der Waals surface area contributed by atoms with Crippen molar-refractivity contribution in [3.05, 3.63) is 224 Å². The van der Waals surface area contributed by atoms with Gasteiger partial charge in [-0.3, -0.25) is 0 Å². The van der Waals surface area contributed by atoms with Crippen LogP contribution in [-0.2, 0) is 0 Å². The van der Waals surface area contributed by atoms with Crippen LogP contribution in [0.2, 0.25) is 0 Å². The Kier molecular flexibility index (Phi) is 8.11. The van der Waals surface area contributed by atoms with Crippen LogP contribution in [0.5, 0.6) is 0 Å². The highest BCUT2D eigenvalue weighted by Crippen LogP contribution is 2.47. The zero-order chi connectivity index (χ0) is 39.6. The predicted molar refractivity (Wildman–Crippen MR) is 260 cm³/mol. The summed E-state index contributed by atoms with van der Waals surface area (Å²) in [6.07, 6.45) is 0. The van der Waals surface area contributed by atoms with Crippen molar-refractivity contribution in [2.75, 3.05) is 4.90 Å². The Bertz CT molecular complexity index is 3590. The maximum absolute atomic E-state index is 2.46. The summed E-state index contributed by atoms with van der Waals surface area (Å²) in [6, 6.07) is 82.5. The molecule has 0 amide bonds. The lowest BCUT2D eigenvalue weighted by atomic mass is 9.91. The zero-order valence-electron chi connectivity index (χ0n) is 32.7. The SMILES string of the molecule is c1ccc(-c2cccc3cccc(-c4ccc(N(c5ccc6c(c5)sc5c7ccccc7ccc65)c5ccc(-c6cccc7ccccc67)c6ccccc56)cc4)c23)cc1. The van der Waals surface area contributed by atoms with Gasteiger partial charge in [0.25, 0.3) is 0 Å². The Morgan fingerprint density at radius 3 is 1.62 bits per heavy atom. The van der Waals surface area contributed by atoms with Crippen LogP contribution in [0.15, 0.2) is 224 Å². The average molecular weight is 780 g/mol. The fraction of sp³-hybridized carbons (Fsp3) is 0. The van der Waals surface area contributed by atoms with Gasteiger partial charge in [0.2, 0.25) is 0 Å². The van der Waals surface area contributed by atoms with Crippen molar-refractivity contribution in [1.82, 2.24) is 0 Å². The van der Waals surface area contributed by atoms with E-state index in [0.717, 1.165) is 17.1 Å². The zero-order valence-corrected chi connectivity index (χ0v) is 33.5. The van der Waals surface area contributed by atoms with Crippen LogP contribution in [0.3, 0.4) is 0 Å². The van der Waals surface area contributed by atoms with Gasteiger partial charge in [-0.25, -0.2) is 0 Å². The van der Waals surface area contributed by atoms with Crippen LogP contribution in [-0.4, -0.2) is 0 Å². The molecule has 0 aliphatic rings. The summed E-state index contributed by atoms with van der Waals surface area (Å²) in [5, 5.41) is 12.6. The molecular formula is C58H37NS. The van der Waals surface area contributed by atoms with Crippen molar-refractivity contribution in [2.45, 2.75) is 0 Å². The molecule has 0 aliphatic carbocycles. The minimum atomic E-state index is 1.11. The normalized spacial score (nSPS) is 11.7. The van der Waals surface area contributed by atoms with E-state index in [-0.39, 0.29) is 0 Å². The Morgan fingerprint density at radius 1 is 0.300 bits per heavy atom. The standard InChI is InChI=1S/C58H37NS/c1-2-13-39(14-3-1)46-24-11-18-42-19-12-25-47(57(42)46)41-27-30-43(31-28-41)59(44-32-34-53-54-33-29-40-16-5-7-21-48(40)58(54)60-56(53)37-44)55-36-35-51(50-22-8-9-23-52(50)55)49-26-10-17-38-15-4-6-20-45(38)49/h1-37H. The second-order valence-electron chi connectivity index (χ2n) is 15.6. The number of anilines is 3. The molecule has 11 aromatic carbocycles. The lowest BCUT2D eigenvalue weighted by Crippen LogP contribution is -2.10. The van der Waals surface area contributed by atoms with Gasteiger partial charge in [-0.2, -0.15) is 0 Å². The predicted octanol–water partition coefficient (Wildman–Crippen LogP) is 17.1. The molecule has 12 aromatic rings. The van der Waals surface area contributed by atoms with Gasteiger partial charge in [0, 0.05) is 36.9 Å². The smallest absolute Gasteiger partial charge is 0.0540 e. The topological polar surface area (TPSA) is 3.24 Å². The summed E-state index contributed by atoms with van der Waals surface area (Å²) < 4.78 is 2.62. The van der Waals surface area contributed by atoms with E-state index in [4.69, 9.17) is 0 Å². The van der Waals surface area contributed by atoms with Gasteiger partial charge in [-0.15, -0.1) is 11.3 Å². The van der Waals surface area contributed by atoms with Crippen molar-refractivity contribution < 1.29 is 0 Å². The molecule has 0 saturated carbocycles. The highest BCUT2D eigenvalue weighted by atomic mass is 32.1. The Balaban J connectivity index is 1.06. The first-order valence-corrected chi connectivity index (χ1v) is 21.4. The van der Waals surface area contributed by atoms with Gasteiger partial charge in [0.05, 0.1) is 5.69 Å². The number of rotatable bonds is 6. The Labute approximate surface area is 352 Å². The summed E-state index contributed by atoms with van der Waals surface area (Å²) >= 11 is 1.89. The second kappa shape index (κ2) is 14.1. The van der Waals surface area contributed by atoms with Crippen molar-refractivity contribution in [2.24, 2.45) is 0 Å². The number of hydrogen-bond acceptors (Lipinski definition) is 2. The van der Waals surface area contributed by atoms with Crippen LogP contribution < -0.4 is 4.90 Å². The molecular weight excluding hydrogens is 743 g/mol. The molecule has 12 rings (SSSR count). The number of hydrogen-bond donors (Lipinski definition) is 0. The third-order valence-corrected chi connectivity index (χ3v) is 13.5. The molecule has 0 radical (unpaired) electrons. The Hall–Kier alpha value is -7.52. The van der Waals surface area contributed by atoms with Gasteiger partial charge < -0.3 is 4.90 Å². The van der Waals surface area contributed by atoms with Gasteiger partial charge in [0.15, 0.2) is 0 Å². The Morgan fingerprint density at radius 2 is 0.850 bits per heavy atom. The monoisotopic (exact) mass is 779 g/mol. The van der Waals surface area contributed by atoms with Gasteiger partial charge in [0.1, 0.15) is 0 Å². The first-order chi connectivity index (χ1) is 29.8. The number of nitrogens with zero attached hydrogens (tertiary/aromatic N) is 1. The molecule has 1 heterocycles. The van der Waals surface area contributed by atoms with Gasteiger partial charge in [-0.1, -0.05) is 194 Å². The third-order valence-electron chi connectivity index (χ3n) is 12.3. The second-order valence-corrected chi connectivity index (χ2v) is 16.7. The van der Waals surface area contributed by atoms with E-state index in [1.54, 1.807) is 0 Å². The lowest BCUT2D eigenvalue weighted by Gasteiger charge is -2.28. The first kappa shape index (κ1) is 34.5. The van der Waals surface area contributed by atoms with E-state index in [2.05, 4.69) is 229 Å². The molecule has 0 bridgehead atoms. The van der Waals surface area contributed by atoms with Crippen molar-refractivity contribution in [1.29, 1.82) is 0 Å². The molecule has 280 valence electrons. The van der Waals surface area contributed by atoms with Crippen molar-refractivity contribution in [3.8, 4) is 33.4 Å². The summed E-state index contributed by atoms with van der Waals surface area (Å²) in [7, 11) is 0. The van der Waals surface area contributed by atoms with E-state index in [1.807, 2.05) is 11.3 Å². The molecule has 0 aliphatic heterocycles. The molecule has 60 heavy (non-hydrogen) atoms. The molecule has 0 fully saturated rings. The summed E-state index contributed by atoms with van der Waals surface area (Å²) in [6.45, 7) is 0. The summed E-state index contributed by atoms with van der Waals surface area (Å²) in [5.41, 5.74) is 10.8. The van der Waals surface area contributed by atoms with E-state index in [0.29, 0.717) is 0 Å². The van der Waals surface area contributed by atoms with Crippen molar-refractivity contribution in [3.63, 3.8) is 0 Å². The molecule has 0 N–H and O–H groups in total. The average Bonchev–Trinajstić information content (AvgIpc) is 3.70. The molecule has 1 aromatic heterocycles. The highest BCUT2D eigenvalue weighted by molar-refractivity contribution is 7.26. The first-order valence-electron chi connectivity index (χ1n) is 20.6. The minimum absolute atomic E-state index is 1.11.